The molecular formula is C14H14O4S. The van der Waals surface area contributed by atoms with Crippen molar-refractivity contribution in [1.82, 2.24) is 0 Å². The highest BCUT2D eigenvalue weighted by Crippen LogP contribution is 2.20. The smallest absolute Gasteiger partial charge is 0.339 e. The first-order valence-corrected chi connectivity index (χ1v) is 7.06. The maximum Gasteiger partial charge on any atom is 0.339 e. The average Bonchev–Trinajstić information content (AvgIpc) is 2.80. The van der Waals surface area contributed by atoms with Gasteiger partial charge in [0, 0.05) is 4.90 Å². The van der Waals surface area contributed by atoms with Gasteiger partial charge in [-0.2, -0.15) is 0 Å². The van der Waals surface area contributed by atoms with Crippen molar-refractivity contribution in [2.45, 2.75) is 24.5 Å². The molecule has 0 bridgehead atoms. The number of carbonyl (C=O) groups is 1. The van der Waals surface area contributed by atoms with E-state index in [1.165, 1.54) is 12.3 Å². The molecule has 2 rings (SSSR count). The van der Waals surface area contributed by atoms with Crippen LogP contribution in [-0.4, -0.2) is 15.3 Å². The van der Waals surface area contributed by atoms with E-state index in [9.17, 15) is 9.00 Å². The van der Waals surface area contributed by atoms with Gasteiger partial charge in [-0.25, -0.2) is 4.79 Å². The number of benzene rings is 1. The van der Waals surface area contributed by atoms with Crippen molar-refractivity contribution in [2.75, 3.05) is 0 Å². The van der Waals surface area contributed by atoms with E-state index in [-0.39, 0.29) is 17.1 Å². The molecule has 1 aromatic heterocycles. The predicted molar refractivity (Wildman–Crippen MR) is 71.7 cm³/mol. The first-order chi connectivity index (χ1) is 8.99. The van der Waals surface area contributed by atoms with Crippen LogP contribution in [0.2, 0.25) is 0 Å². The lowest BCUT2D eigenvalue weighted by Gasteiger charge is -2.06. The van der Waals surface area contributed by atoms with Crippen LogP contribution in [0.4, 0.5) is 0 Å². The summed E-state index contributed by atoms with van der Waals surface area (Å²) in [5.74, 6) is -0.757. The predicted octanol–water partition coefficient (Wildman–Crippen LogP) is 2.90. The maximum absolute atomic E-state index is 12.3. The zero-order chi connectivity index (χ0) is 14.0. The molecule has 1 heterocycles. The third-order valence-electron chi connectivity index (χ3n) is 2.83. The van der Waals surface area contributed by atoms with Gasteiger partial charge >= 0.3 is 5.97 Å². The Kier molecular flexibility index (Phi) is 3.85. The van der Waals surface area contributed by atoms with Gasteiger partial charge in [0.25, 0.3) is 0 Å². The SMILES string of the molecule is Cc1ccc(C)c(S(=O)Cc2occc2C(=O)O)c1. The molecule has 1 atom stereocenters. The van der Waals surface area contributed by atoms with E-state index in [4.69, 9.17) is 9.52 Å². The van der Waals surface area contributed by atoms with E-state index < -0.39 is 16.8 Å². The van der Waals surface area contributed by atoms with Crippen LogP contribution < -0.4 is 0 Å². The lowest BCUT2D eigenvalue weighted by atomic mass is 10.2. The summed E-state index contributed by atoms with van der Waals surface area (Å²) in [6.07, 6.45) is 1.30. The molecule has 0 saturated heterocycles. The van der Waals surface area contributed by atoms with Gasteiger partial charge in [-0.15, -0.1) is 0 Å². The molecule has 0 aliphatic rings. The highest BCUT2D eigenvalue weighted by Gasteiger charge is 2.17. The van der Waals surface area contributed by atoms with Crippen molar-refractivity contribution >= 4 is 16.8 Å². The van der Waals surface area contributed by atoms with E-state index in [2.05, 4.69) is 0 Å². The zero-order valence-corrected chi connectivity index (χ0v) is 11.5. The van der Waals surface area contributed by atoms with Crippen LogP contribution in [0.15, 0.2) is 39.8 Å². The summed E-state index contributed by atoms with van der Waals surface area (Å²) in [5.41, 5.74) is 2.01. The number of hydrogen-bond donors (Lipinski definition) is 1. The second kappa shape index (κ2) is 5.40. The lowest BCUT2D eigenvalue weighted by Crippen LogP contribution is -2.04. The topological polar surface area (TPSA) is 67.5 Å². The zero-order valence-electron chi connectivity index (χ0n) is 10.7. The maximum atomic E-state index is 12.3. The van der Waals surface area contributed by atoms with Crippen LogP contribution in [0.3, 0.4) is 0 Å². The number of furan rings is 1. The molecule has 2 aromatic rings. The summed E-state index contributed by atoms with van der Waals surface area (Å²) in [6.45, 7) is 3.81. The Bertz CT molecular complexity index is 643. The Hall–Kier alpha value is -1.88. The van der Waals surface area contributed by atoms with E-state index in [1.54, 1.807) is 0 Å². The lowest BCUT2D eigenvalue weighted by molar-refractivity contribution is 0.0695. The van der Waals surface area contributed by atoms with E-state index in [1.807, 2.05) is 32.0 Å². The molecule has 0 fully saturated rings. The molecule has 100 valence electrons. The Morgan fingerprint density at radius 1 is 1.32 bits per heavy atom. The second-order valence-electron chi connectivity index (χ2n) is 4.32. The van der Waals surface area contributed by atoms with Crippen LogP contribution >= 0.6 is 0 Å². The van der Waals surface area contributed by atoms with Crippen LogP contribution in [0.25, 0.3) is 0 Å². The molecule has 4 nitrogen and oxygen atoms in total. The van der Waals surface area contributed by atoms with Crippen molar-refractivity contribution in [1.29, 1.82) is 0 Å². The molecule has 0 amide bonds. The van der Waals surface area contributed by atoms with Gasteiger partial charge in [0.15, 0.2) is 0 Å². The Labute approximate surface area is 113 Å². The third kappa shape index (κ3) is 2.93. The minimum atomic E-state index is -1.32. The minimum absolute atomic E-state index is 0.0682. The Morgan fingerprint density at radius 2 is 2.05 bits per heavy atom. The first-order valence-electron chi connectivity index (χ1n) is 5.74. The number of carboxylic acids is 1. The summed E-state index contributed by atoms with van der Waals surface area (Å²) < 4.78 is 17.4. The monoisotopic (exact) mass is 278 g/mol. The van der Waals surface area contributed by atoms with Gasteiger partial charge in [0.2, 0.25) is 0 Å². The molecule has 1 unspecified atom stereocenters. The fourth-order valence-electron chi connectivity index (χ4n) is 1.79. The first kappa shape index (κ1) is 13.5. The fourth-order valence-corrected chi connectivity index (χ4v) is 3.15. The van der Waals surface area contributed by atoms with Gasteiger partial charge in [-0.1, -0.05) is 12.1 Å². The summed E-state index contributed by atoms with van der Waals surface area (Å²) >= 11 is 0. The van der Waals surface area contributed by atoms with Crippen molar-refractivity contribution in [3.8, 4) is 0 Å². The van der Waals surface area contributed by atoms with Gasteiger partial charge < -0.3 is 9.52 Å². The van der Waals surface area contributed by atoms with Crippen LogP contribution in [0.5, 0.6) is 0 Å². The molecule has 1 N–H and O–H groups in total. The molecule has 5 heteroatoms. The molecule has 19 heavy (non-hydrogen) atoms. The second-order valence-corrected chi connectivity index (χ2v) is 5.74. The molecule has 0 aliphatic carbocycles. The highest BCUT2D eigenvalue weighted by atomic mass is 32.2. The number of carboxylic acid groups (broad SMARTS) is 1. The standard InChI is InChI=1S/C14H14O4S/c1-9-3-4-10(2)13(7-9)19(17)8-12-11(14(15)16)5-6-18-12/h3-7H,8H2,1-2H3,(H,15,16). The summed E-state index contributed by atoms with van der Waals surface area (Å²) in [7, 11) is -1.32. The van der Waals surface area contributed by atoms with Gasteiger partial charge in [0.05, 0.1) is 22.8 Å². The van der Waals surface area contributed by atoms with E-state index in [0.717, 1.165) is 11.1 Å². The van der Waals surface area contributed by atoms with Crippen LogP contribution in [0, 0.1) is 13.8 Å². The molecule has 0 radical (unpaired) electrons. The van der Waals surface area contributed by atoms with Crippen molar-refractivity contribution in [3.05, 3.63) is 53.0 Å². The number of hydrogen-bond acceptors (Lipinski definition) is 3. The molecule has 0 spiro atoms. The summed E-state index contributed by atoms with van der Waals surface area (Å²) in [6, 6.07) is 7.08. The largest absolute Gasteiger partial charge is 0.478 e. The molecular weight excluding hydrogens is 264 g/mol. The minimum Gasteiger partial charge on any atom is -0.478 e. The van der Waals surface area contributed by atoms with Gasteiger partial charge in [-0.05, 0) is 37.1 Å². The highest BCUT2D eigenvalue weighted by molar-refractivity contribution is 7.84. The number of aromatic carboxylic acids is 1. The van der Waals surface area contributed by atoms with Crippen molar-refractivity contribution in [3.63, 3.8) is 0 Å². The normalized spacial score (nSPS) is 12.3. The fraction of sp³-hybridized carbons (Fsp3) is 0.214. The van der Waals surface area contributed by atoms with Gasteiger partial charge in [0.1, 0.15) is 11.3 Å². The summed E-state index contributed by atoms with van der Waals surface area (Å²) in [4.78, 5) is 11.7. The Morgan fingerprint density at radius 3 is 2.74 bits per heavy atom. The molecule has 0 aliphatic heterocycles. The molecule has 0 saturated carbocycles. The van der Waals surface area contributed by atoms with E-state index >= 15 is 0 Å². The van der Waals surface area contributed by atoms with Crippen molar-refractivity contribution < 1.29 is 18.5 Å². The van der Waals surface area contributed by atoms with Gasteiger partial charge in [-0.3, -0.25) is 4.21 Å². The average molecular weight is 278 g/mol. The quantitative estimate of drug-likeness (QED) is 0.933. The van der Waals surface area contributed by atoms with Crippen molar-refractivity contribution in [2.24, 2.45) is 0 Å². The van der Waals surface area contributed by atoms with E-state index in [0.29, 0.717) is 4.90 Å². The molecule has 1 aromatic carbocycles. The number of aryl methyl sites for hydroxylation is 2. The third-order valence-corrected chi connectivity index (χ3v) is 4.28. The van der Waals surface area contributed by atoms with Crippen LogP contribution in [0.1, 0.15) is 27.2 Å². The number of rotatable bonds is 4. The Balaban J connectivity index is 2.28. The van der Waals surface area contributed by atoms with Crippen LogP contribution in [-0.2, 0) is 16.6 Å². The summed E-state index contributed by atoms with van der Waals surface area (Å²) in [5, 5.41) is 8.98.